The van der Waals surface area contributed by atoms with Gasteiger partial charge in [0.15, 0.2) is 0 Å². The number of aryl methyl sites for hydroxylation is 2. The monoisotopic (exact) mass is 277 g/mol. The summed E-state index contributed by atoms with van der Waals surface area (Å²) in [6.45, 7) is 4.09. The SMILES string of the molecule is CCc1cc(CC)n(-c2ccc(Cl)cc2C(N)=O)n1. The predicted octanol–water partition coefficient (Wildman–Crippen LogP) is 2.75. The molecule has 0 radical (unpaired) electrons. The number of nitrogens with zero attached hydrogens (tertiary/aromatic N) is 2. The smallest absolute Gasteiger partial charge is 0.250 e. The molecule has 4 nitrogen and oxygen atoms in total. The minimum atomic E-state index is -0.506. The van der Waals surface area contributed by atoms with E-state index in [0.29, 0.717) is 16.3 Å². The molecule has 100 valence electrons. The fraction of sp³-hybridized carbons (Fsp3) is 0.286. The first-order chi connectivity index (χ1) is 9.06. The number of aromatic nitrogens is 2. The van der Waals surface area contributed by atoms with Crippen LogP contribution in [0.4, 0.5) is 0 Å². The van der Waals surface area contributed by atoms with Crippen molar-refractivity contribution >= 4 is 17.5 Å². The van der Waals surface area contributed by atoms with Crippen LogP contribution in [0.1, 0.15) is 35.6 Å². The van der Waals surface area contributed by atoms with Crippen molar-refractivity contribution in [2.24, 2.45) is 5.73 Å². The Hall–Kier alpha value is -1.81. The summed E-state index contributed by atoms with van der Waals surface area (Å²) in [6, 6.07) is 7.12. The molecule has 0 fully saturated rings. The molecule has 2 N–H and O–H groups in total. The van der Waals surface area contributed by atoms with Gasteiger partial charge in [-0.1, -0.05) is 25.4 Å². The first-order valence-electron chi connectivity index (χ1n) is 6.24. The molecule has 0 unspecified atom stereocenters. The van der Waals surface area contributed by atoms with Crippen molar-refractivity contribution < 1.29 is 4.79 Å². The molecular formula is C14H16ClN3O. The lowest BCUT2D eigenvalue weighted by atomic mass is 10.1. The molecule has 0 aliphatic carbocycles. The van der Waals surface area contributed by atoms with Gasteiger partial charge in [0.05, 0.1) is 16.9 Å². The second-order valence-electron chi connectivity index (χ2n) is 4.27. The third-order valence-electron chi connectivity index (χ3n) is 3.01. The Labute approximate surface area is 117 Å². The molecule has 1 heterocycles. The first kappa shape index (κ1) is 13.6. The fourth-order valence-electron chi connectivity index (χ4n) is 2.00. The van der Waals surface area contributed by atoms with Gasteiger partial charge in [-0.15, -0.1) is 0 Å². The van der Waals surface area contributed by atoms with Crippen LogP contribution < -0.4 is 5.73 Å². The zero-order valence-corrected chi connectivity index (χ0v) is 11.7. The highest BCUT2D eigenvalue weighted by molar-refractivity contribution is 6.31. The van der Waals surface area contributed by atoms with Gasteiger partial charge in [-0.25, -0.2) is 4.68 Å². The Bertz CT molecular complexity index is 619. The Morgan fingerprint density at radius 2 is 2.05 bits per heavy atom. The Balaban J connectivity index is 2.64. The number of rotatable bonds is 4. The standard InChI is InChI=1S/C14H16ClN3O/c1-3-10-8-11(4-2)18(17-10)13-6-5-9(15)7-12(13)14(16)19/h5-8H,3-4H2,1-2H3,(H2,16,19). The summed E-state index contributed by atoms with van der Waals surface area (Å²) in [4.78, 5) is 11.5. The number of nitrogens with two attached hydrogens (primary N) is 1. The van der Waals surface area contributed by atoms with Crippen molar-refractivity contribution in [2.45, 2.75) is 26.7 Å². The number of hydrogen-bond acceptors (Lipinski definition) is 2. The van der Waals surface area contributed by atoms with Gasteiger partial charge in [0, 0.05) is 10.7 Å². The molecule has 0 aliphatic heterocycles. The summed E-state index contributed by atoms with van der Waals surface area (Å²) < 4.78 is 1.77. The lowest BCUT2D eigenvalue weighted by Gasteiger charge is -2.10. The van der Waals surface area contributed by atoms with E-state index in [1.807, 2.05) is 19.9 Å². The second-order valence-corrected chi connectivity index (χ2v) is 4.71. The van der Waals surface area contributed by atoms with Crippen molar-refractivity contribution in [2.75, 3.05) is 0 Å². The summed E-state index contributed by atoms with van der Waals surface area (Å²) in [5, 5.41) is 4.99. The zero-order chi connectivity index (χ0) is 14.0. The number of hydrogen-bond donors (Lipinski definition) is 1. The summed E-state index contributed by atoms with van der Waals surface area (Å²) in [7, 11) is 0. The molecule has 0 atom stereocenters. The Morgan fingerprint density at radius 3 is 2.63 bits per heavy atom. The van der Waals surface area contributed by atoms with Crippen molar-refractivity contribution in [1.29, 1.82) is 0 Å². The van der Waals surface area contributed by atoms with Crippen molar-refractivity contribution in [3.63, 3.8) is 0 Å². The first-order valence-corrected chi connectivity index (χ1v) is 6.62. The lowest BCUT2D eigenvalue weighted by molar-refractivity contribution is 0.1000. The third-order valence-corrected chi connectivity index (χ3v) is 3.25. The number of benzene rings is 1. The third kappa shape index (κ3) is 2.63. The molecule has 0 saturated carbocycles. The van der Waals surface area contributed by atoms with Gasteiger partial charge >= 0.3 is 0 Å². The second kappa shape index (κ2) is 5.45. The van der Waals surface area contributed by atoms with Gasteiger partial charge in [-0.3, -0.25) is 4.79 Å². The quantitative estimate of drug-likeness (QED) is 0.934. The van der Waals surface area contributed by atoms with E-state index in [1.165, 1.54) is 0 Å². The minimum Gasteiger partial charge on any atom is -0.366 e. The molecule has 0 spiro atoms. The van der Waals surface area contributed by atoms with Crippen LogP contribution in [0.15, 0.2) is 24.3 Å². The maximum Gasteiger partial charge on any atom is 0.250 e. The predicted molar refractivity (Wildman–Crippen MR) is 75.8 cm³/mol. The molecule has 0 saturated heterocycles. The average molecular weight is 278 g/mol. The molecule has 19 heavy (non-hydrogen) atoms. The normalized spacial score (nSPS) is 10.7. The summed E-state index contributed by atoms with van der Waals surface area (Å²) in [5.74, 6) is -0.506. The molecule has 1 aromatic carbocycles. The summed E-state index contributed by atoms with van der Waals surface area (Å²) in [5.41, 5.74) is 8.50. The van der Waals surface area contributed by atoms with Gasteiger partial charge in [-0.2, -0.15) is 5.10 Å². The van der Waals surface area contributed by atoms with Crippen LogP contribution in [0.3, 0.4) is 0 Å². The topological polar surface area (TPSA) is 60.9 Å². The van der Waals surface area contributed by atoms with Crippen molar-refractivity contribution in [3.8, 4) is 5.69 Å². The Kier molecular flexibility index (Phi) is 3.90. The molecule has 0 bridgehead atoms. The zero-order valence-electron chi connectivity index (χ0n) is 11.0. The van der Waals surface area contributed by atoms with Crippen LogP contribution in [-0.4, -0.2) is 15.7 Å². The summed E-state index contributed by atoms with van der Waals surface area (Å²) in [6.07, 6.45) is 1.67. The number of carbonyl (C=O) groups excluding carboxylic acids is 1. The Morgan fingerprint density at radius 1 is 1.32 bits per heavy atom. The fourth-order valence-corrected chi connectivity index (χ4v) is 2.17. The van der Waals surface area contributed by atoms with Crippen LogP contribution in [0, 0.1) is 0 Å². The lowest BCUT2D eigenvalue weighted by Crippen LogP contribution is -2.16. The largest absolute Gasteiger partial charge is 0.366 e. The van der Waals surface area contributed by atoms with Crippen LogP contribution in [0.2, 0.25) is 5.02 Å². The van der Waals surface area contributed by atoms with E-state index in [2.05, 4.69) is 5.10 Å². The van der Waals surface area contributed by atoms with Crippen molar-refractivity contribution in [3.05, 3.63) is 46.2 Å². The van der Waals surface area contributed by atoms with E-state index in [0.717, 1.165) is 24.2 Å². The van der Waals surface area contributed by atoms with Crippen LogP contribution >= 0.6 is 11.6 Å². The van der Waals surface area contributed by atoms with Crippen LogP contribution in [-0.2, 0) is 12.8 Å². The number of carbonyl (C=O) groups is 1. The van der Waals surface area contributed by atoms with Gasteiger partial charge in [0.1, 0.15) is 0 Å². The maximum atomic E-state index is 11.5. The molecule has 1 aromatic heterocycles. The molecule has 2 rings (SSSR count). The van der Waals surface area contributed by atoms with Crippen LogP contribution in [0.25, 0.3) is 5.69 Å². The minimum absolute atomic E-state index is 0.382. The molecule has 0 aliphatic rings. The molecule has 5 heteroatoms. The molecular weight excluding hydrogens is 262 g/mol. The molecule has 2 aromatic rings. The number of amides is 1. The van der Waals surface area contributed by atoms with E-state index >= 15 is 0 Å². The van der Waals surface area contributed by atoms with Crippen LogP contribution in [0.5, 0.6) is 0 Å². The van der Waals surface area contributed by atoms with E-state index in [4.69, 9.17) is 17.3 Å². The van der Waals surface area contributed by atoms with E-state index in [-0.39, 0.29) is 0 Å². The summed E-state index contributed by atoms with van der Waals surface area (Å²) >= 11 is 5.92. The van der Waals surface area contributed by atoms with Crippen molar-refractivity contribution in [1.82, 2.24) is 9.78 Å². The molecule has 1 amide bonds. The van der Waals surface area contributed by atoms with E-state index in [9.17, 15) is 4.79 Å². The highest BCUT2D eigenvalue weighted by Gasteiger charge is 2.14. The van der Waals surface area contributed by atoms with Gasteiger partial charge in [-0.05, 0) is 37.1 Å². The maximum absolute atomic E-state index is 11.5. The van der Waals surface area contributed by atoms with E-state index < -0.39 is 5.91 Å². The number of halogens is 1. The van der Waals surface area contributed by atoms with E-state index in [1.54, 1.807) is 22.9 Å². The number of primary amides is 1. The average Bonchev–Trinajstić information content (AvgIpc) is 2.81. The highest BCUT2D eigenvalue weighted by Crippen LogP contribution is 2.21. The van der Waals surface area contributed by atoms with Gasteiger partial charge in [0.25, 0.3) is 5.91 Å². The van der Waals surface area contributed by atoms with Gasteiger partial charge in [0.2, 0.25) is 0 Å². The highest BCUT2D eigenvalue weighted by atomic mass is 35.5. The van der Waals surface area contributed by atoms with Gasteiger partial charge < -0.3 is 5.73 Å².